The first-order valence-electron chi connectivity index (χ1n) is 10.3. The van der Waals surface area contributed by atoms with Gasteiger partial charge < -0.3 is 14.7 Å². The Hall–Kier alpha value is -2.66. The molecule has 2 aromatic carbocycles. The smallest absolute Gasteiger partial charge is 0.329 e. The number of hydrogen-bond donors (Lipinski definition) is 1. The molecule has 1 aliphatic rings. The van der Waals surface area contributed by atoms with Crippen LogP contribution in [-0.4, -0.2) is 47.7 Å². The first-order valence-corrected chi connectivity index (χ1v) is 10.3. The van der Waals surface area contributed by atoms with E-state index in [-0.39, 0.29) is 24.5 Å². The zero-order valence-corrected chi connectivity index (χ0v) is 16.9. The van der Waals surface area contributed by atoms with Gasteiger partial charge in [-0.05, 0) is 42.4 Å². The van der Waals surface area contributed by atoms with Gasteiger partial charge in [-0.3, -0.25) is 4.79 Å². The van der Waals surface area contributed by atoms with E-state index in [0.717, 1.165) is 25.7 Å². The number of carbonyl (C=O) groups is 2. The maximum atomic E-state index is 12.9. The third kappa shape index (κ3) is 5.45. The van der Waals surface area contributed by atoms with Crippen molar-refractivity contribution in [2.75, 3.05) is 19.8 Å². The average Bonchev–Trinajstić information content (AvgIpc) is 2.75. The molecule has 0 radical (unpaired) electrons. The van der Waals surface area contributed by atoms with Crippen LogP contribution in [0.25, 0.3) is 0 Å². The van der Waals surface area contributed by atoms with Crippen LogP contribution in [0.3, 0.4) is 0 Å². The van der Waals surface area contributed by atoms with Crippen LogP contribution in [-0.2, 0) is 20.7 Å². The van der Waals surface area contributed by atoms with Gasteiger partial charge in [0.1, 0.15) is 13.2 Å². The highest BCUT2D eigenvalue weighted by Gasteiger charge is 2.34. The molecule has 1 heterocycles. The van der Waals surface area contributed by atoms with Gasteiger partial charge in [-0.25, -0.2) is 4.79 Å². The molecule has 1 amide bonds. The quantitative estimate of drug-likeness (QED) is 0.737. The van der Waals surface area contributed by atoms with Crippen LogP contribution in [0.1, 0.15) is 48.8 Å². The number of likely N-dealkylation sites (tertiary alicyclic amines) is 1. The maximum Gasteiger partial charge on any atom is 0.329 e. The Bertz CT molecular complexity index is 803. The van der Waals surface area contributed by atoms with E-state index in [1.165, 1.54) is 16.7 Å². The van der Waals surface area contributed by atoms with Crippen LogP contribution in [0, 0.1) is 0 Å². The summed E-state index contributed by atoms with van der Waals surface area (Å²) in [6.45, 7) is 2.17. The lowest BCUT2D eigenvalue weighted by atomic mass is 9.80. The lowest BCUT2D eigenvalue weighted by Crippen LogP contribution is -2.48. The zero-order valence-electron chi connectivity index (χ0n) is 16.9. The minimum absolute atomic E-state index is 0.0274. The van der Waals surface area contributed by atoms with Gasteiger partial charge in [-0.15, -0.1) is 0 Å². The Balaban J connectivity index is 1.89. The summed E-state index contributed by atoms with van der Waals surface area (Å²) >= 11 is 0. The molecule has 3 rings (SSSR count). The van der Waals surface area contributed by atoms with Crippen LogP contribution >= 0.6 is 0 Å². The molecule has 5 heteroatoms. The Labute approximate surface area is 172 Å². The number of benzene rings is 2. The third-order valence-corrected chi connectivity index (χ3v) is 5.61. The van der Waals surface area contributed by atoms with E-state index in [4.69, 9.17) is 9.84 Å². The topological polar surface area (TPSA) is 66.8 Å². The van der Waals surface area contributed by atoms with E-state index >= 15 is 0 Å². The van der Waals surface area contributed by atoms with E-state index in [1.54, 1.807) is 0 Å². The van der Waals surface area contributed by atoms with Crippen LogP contribution in [0.4, 0.5) is 0 Å². The van der Waals surface area contributed by atoms with Gasteiger partial charge in [0, 0.05) is 18.5 Å². The summed E-state index contributed by atoms with van der Waals surface area (Å²) in [6.07, 6.45) is 3.93. The van der Waals surface area contributed by atoms with Crippen molar-refractivity contribution in [1.29, 1.82) is 0 Å². The Morgan fingerprint density at radius 3 is 2.38 bits per heavy atom. The van der Waals surface area contributed by atoms with Crippen LogP contribution in [0.15, 0.2) is 54.6 Å². The summed E-state index contributed by atoms with van der Waals surface area (Å²) in [5.41, 5.74) is 3.68. The Morgan fingerprint density at radius 1 is 1.03 bits per heavy atom. The molecule has 0 spiro atoms. The molecule has 1 N–H and O–H groups in total. The summed E-state index contributed by atoms with van der Waals surface area (Å²) < 4.78 is 5.09. The molecule has 0 bridgehead atoms. The second-order valence-corrected chi connectivity index (χ2v) is 7.52. The predicted octanol–water partition coefficient (Wildman–Crippen LogP) is 3.86. The highest BCUT2D eigenvalue weighted by Crippen LogP contribution is 2.36. The molecule has 1 saturated heterocycles. The fourth-order valence-corrected chi connectivity index (χ4v) is 4.18. The van der Waals surface area contributed by atoms with Crippen LogP contribution < -0.4 is 0 Å². The number of carboxylic acids is 1. The number of piperidine rings is 1. The SMILES string of the molecule is CCc1ccc(C(c2ccccc2)C2CCCCN2C(=O)COCC(=O)O)cc1. The predicted molar refractivity (Wildman–Crippen MR) is 112 cm³/mol. The third-order valence-electron chi connectivity index (χ3n) is 5.61. The Morgan fingerprint density at radius 2 is 1.72 bits per heavy atom. The number of ether oxygens (including phenoxy) is 1. The molecule has 1 aliphatic heterocycles. The minimum Gasteiger partial charge on any atom is -0.480 e. The van der Waals surface area contributed by atoms with Crippen molar-refractivity contribution in [2.45, 2.75) is 44.6 Å². The van der Waals surface area contributed by atoms with Crippen molar-refractivity contribution in [3.63, 3.8) is 0 Å². The van der Waals surface area contributed by atoms with Gasteiger partial charge >= 0.3 is 5.97 Å². The molecule has 2 unspecified atom stereocenters. The van der Waals surface area contributed by atoms with Gasteiger partial charge in [-0.2, -0.15) is 0 Å². The van der Waals surface area contributed by atoms with Gasteiger partial charge in [0.25, 0.3) is 0 Å². The van der Waals surface area contributed by atoms with Gasteiger partial charge in [0.05, 0.1) is 0 Å². The second kappa shape index (κ2) is 10.2. The summed E-state index contributed by atoms with van der Waals surface area (Å²) in [5.74, 6) is -1.13. The van der Waals surface area contributed by atoms with E-state index in [1.807, 2.05) is 23.1 Å². The van der Waals surface area contributed by atoms with E-state index in [9.17, 15) is 9.59 Å². The molecule has 0 aromatic heterocycles. The minimum atomic E-state index is -1.06. The first-order chi connectivity index (χ1) is 14.1. The van der Waals surface area contributed by atoms with Crippen molar-refractivity contribution < 1.29 is 19.4 Å². The zero-order chi connectivity index (χ0) is 20.6. The summed E-state index contributed by atoms with van der Waals surface area (Å²) in [7, 11) is 0. The monoisotopic (exact) mass is 395 g/mol. The fourth-order valence-electron chi connectivity index (χ4n) is 4.18. The van der Waals surface area contributed by atoms with Crippen LogP contribution in [0.5, 0.6) is 0 Å². The van der Waals surface area contributed by atoms with E-state index in [0.29, 0.717) is 6.54 Å². The molecule has 2 atom stereocenters. The summed E-state index contributed by atoms with van der Waals surface area (Å²) in [4.78, 5) is 25.5. The molecular formula is C24H29NO4. The number of rotatable bonds is 8. The van der Waals surface area contributed by atoms with Crippen molar-refractivity contribution in [3.05, 3.63) is 71.3 Å². The lowest BCUT2D eigenvalue weighted by Gasteiger charge is -2.41. The van der Waals surface area contributed by atoms with E-state index < -0.39 is 12.6 Å². The number of carbonyl (C=O) groups excluding carboxylic acids is 1. The van der Waals surface area contributed by atoms with Gasteiger partial charge in [0.15, 0.2) is 0 Å². The number of aliphatic carboxylic acids is 1. The largest absolute Gasteiger partial charge is 0.480 e. The van der Waals surface area contributed by atoms with Crippen molar-refractivity contribution >= 4 is 11.9 Å². The highest BCUT2D eigenvalue weighted by molar-refractivity contribution is 5.78. The Kier molecular flexibility index (Phi) is 7.42. The van der Waals surface area contributed by atoms with Gasteiger partial charge in [-0.1, -0.05) is 61.5 Å². The molecule has 29 heavy (non-hydrogen) atoms. The van der Waals surface area contributed by atoms with Crippen molar-refractivity contribution in [3.8, 4) is 0 Å². The van der Waals surface area contributed by atoms with Crippen LogP contribution in [0.2, 0.25) is 0 Å². The van der Waals surface area contributed by atoms with Gasteiger partial charge in [0.2, 0.25) is 5.91 Å². The number of carboxylic acid groups (broad SMARTS) is 1. The molecule has 2 aromatic rings. The number of hydrogen-bond acceptors (Lipinski definition) is 3. The van der Waals surface area contributed by atoms with Crippen molar-refractivity contribution in [1.82, 2.24) is 4.90 Å². The molecular weight excluding hydrogens is 366 g/mol. The maximum absolute atomic E-state index is 12.9. The standard InChI is InChI=1S/C24H29NO4/c1-2-18-11-13-20(14-12-18)24(19-8-4-3-5-9-19)21-10-6-7-15-25(21)22(26)16-29-17-23(27)28/h3-5,8-9,11-14,21,24H,2,6-7,10,15-17H2,1H3,(H,27,28). The lowest BCUT2D eigenvalue weighted by molar-refractivity contribution is -0.147. The second-order valence-electron chi connectivity index (χ2n) is 7.52. The average molecular weight is 395 g/mol. The first kappa shape index (κ1) is 21.1. The molecule has 1 fully saturated rings. The number of aryl methyl sites for hydroxylation is 1. The molecule has 5 nitrogen and oxygen atoms in total. The van der Waals surface area contributed by atoms with E-state index in [2.05, 4.69) is 43.3 Å². The highest BCUT2D eigenvalue weighted by atomic mass is 16.5. The fraction of sp³-hybridized carbons (Fsp3) is 0.417. The number of nitrogens with zero attached hydrogens (tertiary/aromatic N) is 1. The van der Waals surface area contributed by atoms with Crippen molar-refractivity contribution in [2.24, 2.45) is 0 Å². The molecule has 0 saturated carbocycles. The normalized spacial score (nSPS) is 17.7. The molecule has 154 valence electrons. The summed E-state index contributed by atoms with van der Waals surface area (Å²) in [5, 5.41) is 8.77. The number of amides is 1. The summed E-state index contributed by atoms with van der Waals surface area (Å²) in [6, 6.07) is 19.0. The molecule has 0 aliphatic carbocycles.